The summed E-state index contributed by atoms with van der Waals surface area (Å²) in [5.41, 5.74) is 2.32. The van der Waals surface area contributed by atoms with Crippen LogP contribution in [-0.2, 0) is 4.84 Å². The van der Waals surface area contributed by atoms with Gasteiger partial charge in [-0.05, 0) is 0 Å². The third-order valence-electron chi connectivity index (χ3n) is 1.06. The molecule has 1 rings (SSSR count). The second kappa shape index (κ2) is 2.41. The van der Waals surface area contributed by atoms with Crippen molar-refractivity contribution in [3.05, 3.63) is 0 Å². The van der Waals surface area contributed by atoms with Crippen molar-refractivity contribution < 1.29 is 15.1 Å². The maximum atomic E-state index is 8.68. The summed E-state index contributed by atoms with van der Waals surface area (Å²) >= 11 is 0. The Hall–Kier alpha value is -0.160. The number of aliphatic hydroxyl groups is 2. The van der Waals surface area contributed by atoms with Crippen LogP contribution in [-0.4, -0.2) is 29.2 Å². The van der Waals surface area contributed by atoms with Crippen LogP contribution in [0.1, 0.15) is 6.42 Å². The first-order chi connectivity index (χ1) is 3.83. The molecule has 1 unspecified atom stereocenters. The predicted octanol–water partition coefficient (Wildman–Crippen LogP) is -1.41. The molecule has 0 bridgehead atoms. The summed E-state index contributed by atoms with van der Waals surface area (Å²) in [5, 5.41) is 17.1. The molecule has 0 aromatic carbocycles. The number of aliphatic hydroxyl groups excluding tert-OH is 2. The molecule has 0 aliphatic carbocycles. The number of hydrogen-bond acceptors (Lipinski definition) is 4. The minimum atomic E-state index is -0.604. The SMILES string of the molecule is OCC1C[C@@H](O)NO1. The lowest BCUT2D eigenvalue weighted by Crippen LogP contribution is -2.18. The van der Waals surface area contributed by atoms with E-state index in [1.807, 2.05) is 0 Å². The van der Waals surface area contributed by atoms with Gasteiger partial charge in [-0.2, -0.15) is 5.48 Å². The Morgan fingerprint density at radius 3 is 2.75 bits per heavy atom. The number of rotatable bonds is 1. The minimum absolute atomic E-state index is 0.0376. The predicted molar refractivity (Wildman–Crippen MR) is 25.7 cm³/mol. The van der Waals surface area contributed by atoms with Crippen molar-refractivity contribution in [2.45, 2.75) is 18.8 Å². The highest BCUT2D eigenvalue weighted by atomic mass is 16.7. The van der Waals surface area contributed by atoms with Gasteiger partial charge in [0, 0.05) is 6.42 Å². The molecule has 0 amide bonds. The van der Waals surface area contributed by atoms with Gasteiger partial charge in [-0.3, -0.25) is 4.84 Å². The Bertz CT molecular complexity index is 77.7. The third-order valence-corrected chi connectivity index (χ3v) is 1.06. The van der Waals surface area contributed by atoms with Crippen LogP contribution >= 0.6 is 0 Å². The van der Waals surface area contributed by atoms with Gasteiger partial charge < -0.3 is 10.2 Å². The molecule has 48 valence electrons. The third kappa shape index (κ3) is 1.16. The molecule has 1 heterocycles. The highest BCUT2D eigenvalue weighted by molar-refractivity contribution is 4.64. The van der Waals surface area contributed by atoms with Crippen LogP contribution < -0.4 is 5.48 Å². The van der Waals surface area contributed by atoms with E-state index in [0.717, 1.165) is 0 Å². The average molecular weight is 119 g/mol. The molecule has 8 heavy (non-hydrogen) atoms. The molecule has 2 atom stereocenters. The van der Waals surface area contributed by atoms with Crippen molar-refractivity contribution in [1.82, 2.24) is 5.48 Å². The van der Waals surface area contributed by atoms with E-state index in [9.17, 15) is 0 Å². The van der Waals surface area contributed by atoms with Gasteiger partial charge in [0.1, 0.15) is 12.3 Å². The smallest absolute Gasteiger partial charge is 0.129 e. The van der Waals surface area contributed by atoms with E-state index < -0.39 is 6.23 Å². The second-order valence-electron chi connectivity index (χ2n) is 1.79. The van der Waals surface area contributed by atoms with Crippen LogP contribution in [0.3, 0.4) is 0 Å². The van der Waals surface area contributed by atoms with E-state index in [2.05, 4.69) is 10.3 Å². The Morgan fingerprint density at radius 1 is 1.75 bits per heavy atom. The molecule has 1 fully saturated rings. The largest absolute Gasteiger partial charge is 0.394 e. The van der Waals surface area contributed by atoms with Crippen molar-refractivity contribution in [2.24, 2.45) is 0 Å². The van der Waals surface area contributed by atoms with Crippen molar-refractivity contribution >= 4 is 0 Å². The monoisotopic (exact) mass is 119 g/mol. The van der Waals surface area contributed by atoms with E-state index in [1.165, 1.54) is 0 Å². The lowest BCUT2D eigenvalue weighted by molar-refractivity contribution is -0.0253. The summed E-state index contributed by atoms with van der Waals surface area (Å²) in [6, 6.07) is 0. The number of hydrogen-bond donors (Lipinski definition) is 3. The molecule has 1 aliphatic rings. The fourth-order valence-corrected chi connectivity index (χ4v) is 0.632. The zero-order chi connectivity index (χ0) is 5.98. The lowest BCUT2D eigenvalue weighted by atomic mass is 10.3. The molecular weight excluding hydrogens is 110 g/mol. The lowest BCUT2D eigenvalue weighted by Gasteiger charge is -1.98. The van der Waals surface area contributed by atoms with Gasteiger partial charge in [-0.25, -0.2) is 0 Å². The summed E-state index contributed by atoms with van der Waals surface area (Å²) in [6.45, 7) is -0.0376. The summed E-state index contributed by atoms with van der Waals surface area (Å²) in [4.78, 5) is 4.66. The summed E-state index contributed by atoms with van der Waals surface area (Å²) < 4.78 is 0. The molecule has 4 heteroatoms. The van der Waals surface area contributed by atoms with Crippen LogP contribution in [0.15, 0.2) is 0 Å². The summed E-state index contributed by atoms with van der Waals surface area (Å²) in [6.07, 6.45) is -0.367. The van der Waals surface area contributed by atoms with Crippen LogP contribution in [0.4, 0.5) is 0 Å². The molecule has 0 aromatic rings. The van der Waals surface area contributed by atoms with Crippen molar-refractivity contribution in [2.75, 3.05) is 6.61 Å². The first-order valence-electron chi connectivity index (χ1n) is 2.53. The Balaban J connectivity index is 2.22. The van der Waals surface area contributed by atoms with E-state index in [4.69, 9.17) is 10.2 Å². The van der Waals surface area contributed by atoms with Gasteiger partial charge in [0.2, 0.25) is 0 Å². The molecule has 4 nitrogen and oxygen atoms in total. The maximum Gasteiger partial charge on any atom is 0.129 e. The van der Waals surface area contributed by atoms with E-state index in [1.54, 1.807) is 0 Å². The van der Waals surface area contributed by atoms with E-state index >= 15 is 0 Å². The molecule has 0 spiro atoms. The summed E-state index contributed by atoms with van der Waals surface area (Å²) in [5.74, 6) is 0. The number of hydroxylamine groups is 1. The molecule has 1 aliphatic heterocycles. The molecule has 1 saturated heterocycles. The van der Waals surface area contributed by atoms with Crippen molar-refractivity contribution in [3.8, 4) is 0 Å². The van der Waals surface area contributed by atoms with Crippen LogP contribution in [0.5, 0.6) is 0 Å². The van der Waals surface area contributed by atoms with Crippen LogP contribution in [0.25, 0.3) is 0 Å². The van der Waals surface area contributed by atoms with Gasteiger partial charge >= 0.3 is 0 Å². The van der Waals surface area contributed by atoms with Crippen molar-refractivity contribution in [3.63, 3.8) is 0 Å². The van der Waals surface area contributed by atoms with Gasteiger partial charge in [0.05, 0.1) is 6.61 Å². The molecule has 3 N–H and O–H groups in total. The van der Waals surface area contributed by atoms with Gasteiger partial charge in [-0.15, -0.1) is 0 Å². The Kier molecular flexibility index (Phi) is 1.80. The quantitative estimate of drug-likeness (QED) is 0.397. The van der Waals surface area contributed by atoms with Gasteiger partial charge in [0.15, 0.2) is 0 Å². The van der Waals surface area contributed by atoms with Crippen molar-refractivity contribution in [1.29, 1.82) is 0 Å². The first kappa shape index (κ1) is 5.97. The molecule has 0 aromatic heterocycles. The molecule has 0 saturated carbocycles. The van der Waals surface area contributed by atoms with Crippen LogP contribution in [0.2, 0.25) is 0 Å². The van der Waals surface area contributed by atoms with Gasteiger partial charge in [-0.1, -0.05) is 0 Å². The first-order valence-corrected chi connectivity index (χ1v) is 2.53. The van der Waals surface area contributed by atoms with E-state index in [-0.39, 0.29) is 12.7 Å². The summed E-state index contributed by atoms with van der Waals surface area (Å²) in [7, 11) is 0. The van der Waals surface area contributed by atoms with Crippen LogP contribution in [0, 0.1) is 0 Å². The van der Waals surface area contributed by atoms with E-state index in [0.29, 0.717) is 6.42 Å². The molecular formula is C4H9NO3. The highest BCUT2D eigenvalue weighted by Crippen LogP contribution is 2.05. The topological polar surface area (TPSA) is 61.7 Å². The fourth-order valence-electron chi connectivity index (χ4n) is 0.632. The minimum Gasteiger partial charge on any atom is -0.394 e. The zero-order valence-electron chi connectivity index (χ0n) is 4.37. The second-order valence-corrected chi connectivity index (χ2v) is 1.79. The standard InChI is InChI=1S/C4H9NO3/c6-2-3-1-4(7)5-8-3/h3-7H,1-2H2/t3?,4-/m1/s1. The Morgan fingerprint density at radius 2 is 2.50 bits per heavy atom. The molecule has 0 radical (unpaired) electrons. The zero-order valence-corrected chi connectivity index (χ0v) is 4.37. The normalized spacial score (nSPS) is 38.2. The number of nitrogens with one attached hydrogen (secondary N) is 1. The maximum absolute atomic E-state index is 8.68. The fraction of sp³-hybridized carbons (Fsp3) is 1.00. The average Bonchev–Trinajstić information content (AvgIpc) is 2.14. The Labute approximate surface area is 47.0 Å². The van der Waals surface area contributed by atoms with Gasteiger partial charge in [0.25, 0.3) is 0 Å². The highest BCUT2D eigenvalue weighted by Gasteiger charge is 2.21.